The number of benzene rings is 2. The monoisotopic (exact) mass is 349 g/mol. The van der Waals surface area contributed by atoms with E-state index in [0.29, 0.717) is 5.56 Å². The van der Waals surface area contributed by atoms with E-state index in [1.165, 1.54) is 10.8 Å². The van der Waals surface area contributed by atoms with Crippen LogP contribution in [0.25, 0.3) is 10.1 Å². The molecule has 0 bridgehead atoms. The van der Waals surface area contributed by atoms with Crippen LogP contribution in [-0.4, -0.2) is 7.05 Å². The Morgan fingerprint density at radius 2 is 1.90 bits per heavy atom. The molecule has 0 saturated carbocycles. The molecule has 1 aromatic heterocycles. The fraction of sp³-hybridized carbons (Fsp3) is 0.125. The first-order chi connectivity index (χ1) is 9.72. The summed E-state index contributed by atoms with van der Waals surface area (Å²) in [6.07, 6.45) is 0. The highest BCUT2D eigenvalue weighted by Crippen LogP contribution is 2.37. The van der Waals surface area contributed by atoms with Crippen LogP contribution in [0.15, 0.2) is 52.3 Å². The van der Waals surface area contributed by atoms with Crippen molar-refractivity contribution in [2.75, 3.05) is 7.05 Å². The predicted molar refractivity (Wildman–Crippen MR) is 86.8 cm³/mol. The standard InChI is InChI=1S/C16H13BrFNS/c1-19-15(11-5-2-3-8-14(11)18)12-9-20-16-10(12)6-4-7-13(16)17/h2-9,15,19H,1H3. The summed E-state index contributed by atoms with van der Waals surface area (Å²) in [7, 11) is 1.86. The summed E-state index contributed by atoms with van der Waals surface area (Å²) >= 11 is 5.24. The molecule has 0 aliphatic carbocycles. The van der Waals surface area contributed by atoms with Crippen LogP contribution in [0.2, 0.25) is 0 Å². The van der Waals surface area contributed by atoms with E-state index in [9.17, 15) is 4.39 Å². The van der Waals surface area contributed by atoms with Gasteiger partial charge in [0.05, 0.1) is 6.04 Å². The van der Waals surface area contributed by atoms with Gasteiger partial charge in [-0.25, -0.2) is 4.39 Å². The zero-order valence-electron chi connectivity index (χ0n) is 10.9. The lowest BCUT2D eigenvalue weighted by atomic mass is 9.98. The number of halogens is 2. The Morgan fingerprint density at radius 1 is 1.10 bits per heavy atom. The largest absolute Gasteiger partial charge is 0.309 e. The Hall–Kier alpha value is -1.23. The summed E-state index contributed by atoms with van der Waals surface area (Å²) < 4.78 is 16.3. The van der Waals surface area contributed by atoms with Gasteiger partial charge in [0, 0.05) is 14.7 Å². The number of thiophene rings is 1. The van der Waals surface area contributed by atoms with Gasteiger partial charge in [0.1, 0.15) is 5.82 Å². The molecular formula is C16H13BrFNS. The maximum atomic E-state index is 14.1. The Balaban J connectivity index is 2.18. The van der Waals surface area contributed by atoms with E-state index in [1.807, 2.05) is 31.3 Å². The number of hydrogen-bond acceptors (Lipinski definition) is 2. The van der Waals surface area contributed by atoms with Crippen molar-refractivity contribution in [3.8, 4) is 0 Å². The molecule has 0 aliphatic heterocycles. The van der Waals surface area contributed by atoms with Crippen molar-refractivity contribution < 1.29 is 4.39 Å². The van der Waals surface area contributed by atoms with E-state index >= 15 is 0 Å². The lowest BCUT2D eigenvalue weighted by molar-refractivity contribution is 0.578. The Bertz CT molecular complexity index is 753. The molecule has 4 heteroatoms. The number of nitrogens with one attached hydrogen (secondary N) is 1. The van der Waals surface area contributed by atoms with Gasteiger partial charge in [0.15, 0.2) is 0 Å². The SMILES string of the molecule is CNC(c1ccccc1F)c1csc2c(Br)cccc12. The Labute approximate surface area is 129 Å². The first-order valence-corrected chi connectivity index (χ1v) is 7.97. The summed E-state index contributed by atoms with van der Waals surface area (Å²) in [5.74, 6) is -0.179. The van der Waals surface area contributed by atoms with E-state index in [1.54, 1.807) is 17.4 Å². The highest BCUT2D eigenvalue weighted by molar-refractivity contribution is 9.10. The lowest BCUT2D eigenvalue weighted by Gasteiger charge is -2.17. The zero-order valence-corrected chi connectivity index (χ0v) is 13.3. The second-order valence-corrected chi connectivity index (χ2v) is 6.28. The molecule has 20 heavy (non-hydrogen) atoms. The minimum atomic E-state index is -0.179. The van der Waals surface area contributed by atoms with Gasteiger partial charge in [-0.2, -0.15) is 0 Å². The fourth-order valence-corrected chi connectivity index (χ4v) is 4.10. The van der Waals surface area contributed by atoms with Crippen molar-refractivity contribution >= 4 is 37.4 Å². The molecule has 1 unspecified atom stereocenters. The van der Waals surface area contributed by atoms with Crippen LogP contribution < -0.4 is 5.32 Å². The van der Waals surface area contributed by atoms with Gasteiger partial charge in [-0.15, -0.1) is 11.3 Å². The molecule has 1 N–H and O–H groups in total. The molecule has 0 aliphatic rings. The maximum absolute atomic E-state index is 14.1. The van der Waals surface area contributed by atoms with E-state index in [4.69, 9.17) is 0 Å². The molecule has 3 aromatic rings. The molecular weight excluding hydrogens is 337 g/mol. The topological polar surface area (TPSA) is 12.0 Å². The van der Waals surface area contributed by atoms with Gasteiger partial charge in [-0.05, 0) is 51.4 Å². The zero-order chi connectivity index (χ0) is 14.1. The average Bonchev–Trinajstić information content (AvgIpc) is 2.87. The molecule has 0 spiro atoms. The van der Waals surface area contributed by atoms with Crippen LogP contribution in [0.5, 0.6) is 0 Å². The van der Waals surface area contributed by atoms with Crippen molar-refractivity contribution in [2.45, 2.75) is 6.04 Å². The molecule has 3 rings (SSSR count). The minimum Gasteiger partial charge on any atom is -0.309 e. The van der Waals surface area contributed by atoms with E-state index in [-0.39, 0.29) is 11.9 Å². The van der Waals surface area contributed by atoms with Gasteiger partial charge >= 0.3 is 0 Å². The molecule has 102 valence electrons. The van der Waals surface area contributed by atoms with Crippen molar-refractivity contribution in [1.29, 1.82) is 0 Å². The van der Waals surface area contributed by atoms with Crippen molar-refractivity contribution in [3.05, 3.63) is 69.3 Å². The van der Waals surface area contributed by atoms with Crippen LogP contribution in [0, 0.1) is 5.82 Å². The minimum absolute atomic E-state index is 0.140. The molecule has 1 atom stereocenters. The molecule has 0 fully saturated rings. The molecule has 1 nitrogen and oxygen atoms in total. The maximum Gasteiger partial charge on any atom is 0.128 e. The van der Waals surface area contributed by atoms with Crippen LogP contribution in [0.4, 0.5) is 4.39 Å². The third-order valence-corrected chi connectivity index (χ3v) is 5.37. The van der Waals surface area contributed by atoms with E-state index in [2.05, 4.69) is 32.7 Å². The Kier molecular flexibility index (Phi) is 3.87. The summed E-state index contributed by atoms with van der Waals surface area (Å²) in [5.41, 5.74) is 1.79. The lowest BCUT2D eigenvalue weighted by Crippen LogP contribution is -2.18. The summed E-state index contributed by atoms with van der Waals surface area (Å²) in [4.78, 5) is 0. The van der Waals surface area contributed by atoms with Gasteiger partial charge in [0.25, 0.3) is 0 Å². The number of fused-ring (bicyclic) bond motifs is 1. The predicted octanol–water partition coefficient (Wildman–Crippen LogP) is 5.11. The van der Waals surface area contributed by atoms with E-state index < -0.39 is 0 Å². The van der Waals surface area contributed by atoms with Crippen LogP contribution in [-0.2, 0) is 0 Å². The van der Waals surface area contributed by atoms with Gasteiger partial charge in [0.2, 0.25) is 0 Å². The highest BCUT2D eigenvalue weighted by Gasteiger charge is 2.19. The van der Waals surface area contributed by atoms with Gasteiger partial charge in [-0.1, -0.05) is 30.3 Å². The molecule has 0 radical (unpaired) electrons. The normalized spacial score (nSPS) is 12.8. The van der Waals surface area contributed by atoms with Crippen molar-refractivity contribution in [2.24, 2.45) is 0 Å². The quantitative estimate of drug-likeness (QED) is 0.692. The highest BCUT2D eigenvalue weighted by atomic mass is 79.9. The molecule has 1 heterocycles. The first kappa shape index (κ1) is 13.7. The van der Waals surface area contributed by atoms with Crippen LogP contribution >= 0.6 is 27.3 Å². The molecule has 0 saturated heterocycles. The number of hydrogen-bond donors (Lipinski definition) is 1. The second-order valence-electron chi connectivity index (χ2n) is 4.55. The van der Waals surface area contributed by atoms with Gasteiger partial charge in [-0.3, -0.25) is 0 Å². The van der Waals surface area contributed by atoms with Crippen LogP contribution in [0.1, 0.15) is 17.2 Å². The summed E-state index contributed by atoms with van der Waals surface area (Å²) in [6.45, 7) is 0. The third kappa shape index (κ3) is 2.28. The van der Waals surface area contributed by atoms with Gasteiger partial charge < -0.3 is 5.32 Å². The third-order valence-electron chi connectivity index (χ3n) is 3.40. The van der Waals surface area contributed by atoms with E-state index in [0.717, 1.165) is 15.4 Å². The first-order valence-electron chi connectivity index (χ1n) is 6.29. The fourth-order valence-electron chi connectivity index (χ4n) is 2.45. The average molecular weight is 350 g/mol. The summed E-state index contributed by atoms with van der Waals surface area (Å²) in [5, 5.41) is 6.48. The second kappa shape index (κ2) is 5.64. The van der Waals surface area contributed by atoms with Crippen molar-refractivity contribution in [3.63, 3.8) is 0 Å². The molecule has 2 aromatic carbocycles. The van der Waals surface area contributed by atoms with Crippen molar-refractivity contribution in [1.82, 2.24) is 5.32 Å². The summed E-state index contributed by atoms with van der Waals surface area (Å²) in [6, 6.07) is 12.9. The number of rotatable bonds is 3. The Morgan fingerprint density at radius 3 is 2.65 bits per heavy atom. The molecule has 0 amide bonds. The van der Waals surface area contributed by atoms with Crippen LogP contribution in [0.3, 0.4) is 0 Å². The smallest absolute Gasteiger partial charge is 0.128 e.